The summed E-state index contributed by atoms with van der Waals surface area (Å²) in [5.74, 6) is 0. The van der Waals surface area contributed by atoms with Gasteiger partial charge < -0.3 is 4.74 Å². The van der Waals surface area contributed by atoms with Crippen LogP contribution in [0.4, 0.5) is 0 Å². The molecule has 0 atom stereocenters. The summed E-state index contributed by atoms with van der Waals surface area (Å²) in [5.41, 5.74) is -0.465. The van der Waals surface area contributed by atoms with E-state index in [1.807, 2.05) is 40.0 Å². The van der Waals surface area contributed by atoms with Gasteiger partial charge in [-0.2, -0.15) is 0 Å². The minimum absolute atomic E-state index is 0.208. The van der Waals surface area contributed by atoms with E-state index in [9.17, 15) is 0 Å². The van der Waals surface area contributed by atoms with E-state index in [2.05, 4.69) is 4.99 Å². The average molecular weight is 153 g/mol. The molecule has 0 bridgehead atoms. The Morgan fingerprint density at radius 3 is 2.36 bits per heavy atom. The second kappa shape index (κ2) is 2.45. The molecular formula is C9H15NO. The molecule has 0 spiro atoms. The summed E-state index contributed by atoms with van der Waals surface area (Å²) in [7, 11) is 0. The Hall–Kier alpha value is -0.630. The van der Waals surface area contributed by atoms with Gasteiger partial charge in [-0.05, 0) is 33.8 Å². The Morgan fingerprint density at radius 1 is 1.09 bits per heavy atom. The fraction of sp³-hybridized carbons (Fsp3) is 0.667. The van der Waals surface area contributed by atoms with E-state index >= 15 is 0 Å². The molecule has 62 valence electrons. The van der Waals surface area contributed by atoms with E-state index in [-0.39, 0.29) is 11.2 Å². The maximum absolute atomic E-state index is 5.75. The maximum Gasteiger partial charge on any atom is 0.0987 e. The number of hydrogen-bond acceptors (Lipinski definition) is 2. The lowest BCUT2D eigenvalue weighted by Gasteiger charge is -2.29. The summed E-state index contributed by atoms with van der Waals surface area (Å²) in [6, 6.07) is 0. The van der Waals surface area contributed by atoms with Crippen molar-refractivity contribution in [3.63, 3.8) is 0 Å². The summed E-state index contributed by atoms with van der Waals surface area (Å²) in [6.07, 6.45) is 5.56. The zero-order chi connectivity index (χ0) is 8.54. The molecule has 0 N–H and O–H groups in total. The molecule has 0 fully saturated rings. The minimum Gasteiger partial charge on any atom is -0.360 e. The summed E-state index contributed by atoms with van der Waals surface area (Å²) in [6.45, 7) is 8.07. The number of hydrogen-bond donors (Lipinski definition) is 0. The monoisotopic (exact) mass is 153 g/mol. The predicted octanol–water partition coefficient (Wildman–Crippen LogP) is 2.16. The van der Waals surface area contributed by atoms with Crippen molar-refractivity contribution in [3.8, 4) is 0 Å². The molecule has 0 saturated heterocycles. The quantitative estimate of drug-likeness (QED) is 0.522. The molecule has 11 heavy (non-hydrogen) atoms. The van der Waals surface area contributed by atoms with E-state index in [0.717, 1.165) is 0 Å². The summed E-state index contributed by atoms with van der Waals surface area (Å²) in [5, 5.41) is 0. The highest BCUT2D eigenvalue weighted by Gasteiger charge is 2.26. The van der Waals surface area contributed by atoms with Crippen LogP contribution in [0.1, 0.15) is 27.7 Å². The summed E-state index contributed by atoms with van der Waals surface area (Å²) < 4.78 is 5.75. The molecule has 1 aliphatic heterocycles. The lowest BCUT2D eigenvalue weighted by Crippen LogP contribution is -2.35. The van der Waals surface area contributed by atoms with Gasteiger partial charge >= 0.3 is 0 Å². The molecule has 0 saturated carbocycles. The SMILES string of the molecule is CC1(C)C=CN=CC(C)(C)O1. The van der Waals surface area contributed by atoms with Crippen molar-refractivity contribution in [3.05, 3.63) is 12.3 Å². The van der Waals surface area contributed by atoms with E-state index in [1.54, 1.807) is 6.20 Å². The van der Waals surface area contributed by atoms with Crippen molar-refractivity contribution in [2.45, 2.75) is 38.9 Å². The Kier molecular flexibility index (Phi) is 1.89. The van der Waals surface area contributed by atoms with Crippen molar-refractivity contribution < 1.29 is 4.74 Å². The van der Waals surface area contributed by atoms with Gasteiger partial charge in [0.05, 0.1) is 11.2 Å². The van der Waals surface area contributed by atoms with Crippen LogP contribution >= 0.6 is 0 Å². The lowest BCUT2D eigenvalue weighted by atomic mass is 10.1. The molecule has 0 aromatic heterocycles. The number of ether oxygens (including phenoxy) is 1. The third-order valence-corrected chi connectivity index (χ3v) is 1.47. The first-order chi connectivity index (χ1) is 4.91. The molecule has 1 rings (SSSR count). The Balaban J connectivity index is 2.83. The Labute approximate surface area is 68.0 Å². The van der Waals surface area contributed by atoms with Crippen LogP contribution in [0, 0.1) is 0 Å². The predicted molar refractivity (Wildman–Crippen MR) is 46.9 cm³/mol. The molecule has 1 aliphatic rings. The first-order valence-electron chi connectivity index (χ1n) is 3.84. The van der Waals surface area contributed by atoms with Gasteiger partial charge in [-0.15, -0.1) is 0 Å². The molecule has 0 unspecified atom stereocenters. The van der Waals surface area contributed by atoms with Crippen LogP contribution in [0.25, 0.3) is 0 Å². The number of nitrogens with zero attached hydrogens (tertiary/aromatic N) is 1. The molecule has 0 aliphatic carbocycles. The number of aliphatic imine (C=N–C) groups is 1. The third-order valence-electron chi connectivity index (χ3n) is 1.47. The van der Waals surface area contributed by atoms with Crippen LogP contribution in [-0.4, -0.2) is 17.4 Å². The lowest BCUT2D eigenvalue weighted by molar-refractivity contribution is -0.0527. The zero-order valence-corrected chi connectivity index (χ0v) is 7.59. The van der Waals surface area contributed by atoms with Gasteiger partial charge in [-0.1, -0.05) is 0 Å². The topological polar surface area (TPSA) is 21.6 Å². The third kappa shape index (κ3) is 2.46. The van der Waals surface area contributed by atoms with Gasteiger partial charge in [-0.25, -0.2) is 0 Å². The van der Waals surface area contributed by atoms with Crippen LogP contribution in [0.15, 0.2) is 17.3 Å². The van der Waals surface area contributed by atoms with E-state index in [1.165, 1.54) is 0 Å². The van der Waals surface area contributed by atoms with Gasteiger partial charge in [0.15, 0.2) is 0 Å². The van der Waals surface area contributed by atoms with Crippen LogP contribution in [0.5, 0.6) is 0 Å². The van der Waals surface area contributed by atoms with Crippen molar-refractivity contribution >= 4 is 6.21 Å². The zero-order valence-electron chi connectivity index (χ0n) is 7.59. The first-order valence-corrected chi connectivity index (χ1v) is 3.84. The second-order valence-corrected chi connectivity index (χ2v) is 3.90. The van der Waals surface area contributed by atoms with E-state index in [4.69, 9.17) is 4.74 Å². The highest BCUT2D eigenvalue weighted by Crippen LogP contribution is 2.22. The largest absolute Gasteiger partial charge is 0.360 e. The molecule has 2 nitrogen and oxygen atoms in total. The highest BCUT2D eigenvalue weighted by atomic mass is 16.5. The van der Waals surface area contributed by atoms with Crippen molar-refractivity contribution in [1.29, 1.82) is 0 Å². The molecule has 2 heteroatoms. The minimum atomic E-state index is -0.257. The van der Waals surface area contributed by atoms with E-state index < -0.39 is 0 Å². The van der Waals surface area contributed by atoms with Gasteiger partial charge in [0.25, 0.3) is 0 Å². The normalized spacial score (nSPS) is 26.5. The second-order valence-electron chi connectivity index (χ2n) is 3.90. The van der Waals surface area contributed by atoms with Gasteiger partial charge in [0.1, 0.15) is 0 Å². The molecule has 0 aromatic carbocycles. The fourth-order valence-corrected chi connectivity index (χ4v) is 1.18. The standard InChI is InChI=1S/C9H15NO/c1-8(2)5-6-10-7-9(3,4)11-8/h5-7H,1-4H3. The molecular weight excluding hydrogens is 138 g/mol. The van der Waals surface area contributed by atoms with Gasteiger partial charge in [0.2, 0.25) is 0 Å². The fourth-order valence-electron chi connectivity index (χ4n) is 1.18. The first kappa shape index (κ1) is 8.47. The summed E-state index contributed by atoms with van der Waals surface area (Å²) in [4.78, 5) is 4.09. The number of rotatable bonds is 0. The van der Waals surface area contributed by atoms with Crippen molar-refractivity contribution in [1.82, 2.24) is 0 Å². The average Bonchev–Trinajstić information content (AvgIpc) is 1.86. The molecule has 1 heterocycles. The Bertz CT molecular complexity index is 180. The van der Waals surface area contributed by atoms with Gasteiger partial charge in [-0.3, -0.25) is 4.99 Å². The molecule has 0 aromatic rings. The Morgan fingerprint density at radius 2 is 1.73 bits per heavy atom. The van der Waals surface area contributed by atoms with Crippen LogP contribution in [0.3, 0.4) is 0 Å². The van der Waals surface area contributed by atoms with Crippen molar-refractivity contribution in [2.75, 3.05) is 0 Å². The molecule has 0 radical (unpaired) electrons. The van der Waals surface area contributed by atoms with Crippen LogP contribution in [-0.2, 0) is 4.74 Å². The highest BCUT2D eigenvalue weighted by molar-refractivity contribution is 5.68. The maximum atomic E-state index is 5.75. The van der Waals surface area contributed by atoms with Gasteiger partial charge in [0, 0.05) is 12.4 Å². The smallest absolute Gasteiger partial charge is 0.0987 e. The van der Waals surface area contributed by atoms with Crippen molar-refractivity contribution in [2.24, 2.45) is 4.99 Å². The molecule has 0 amide bonds. The summed E-state index contributed by atoms with van der Waals surface area (Å²) >= 11 is 0. The van der Waals surface area contributed by atoms with Crippen LogP contribution < -0.4 is 0 Å². The van der Waals surface area contributed by atoms with Crippen LogP contribution in [0.2, 0.25) is 0 Å². The van der Waals surface area contributed by atoms with E-state index in [0.29, 0.717) is 0 Å².